The number of aliphatic hydroxyl groups is 1. The average molecular weight is 472 g/mol. The van der Waals surface area contributed by atoms with Gasteiger partial charge in [0.05, 0.1) is 19.3 Å². The zero-order valence-electron chi connectivity index (χ0n) is 20.5. The number of amides is 2. The number of aromatic nitrogens is 1. The Morgan fingerprint density at radius 2 is 2.00 bits per heavy atom. The SMILES string of the molecule is COC[C@@H](NC(=O)OC(C)(C)C)[C@H]1OC(C)(C)O[C@H]1C(=O)NCC[C@@H](C)c1nc(CO)co1. The van der Waals surface area contributed by atoms with E-state index in [0.29, 0.717) is 24.6 Å². The molecule has 2 amide bonds. The number of nitrogens with zero attached hydrogens (tertiary/aromatic N) is 1. The molecule has 33 heavy (non-hydrogen) atoms. The van der Waals surface area contributed by atoms with Gasteiger partial charge in [-0.15, -0.1) is 0 Å². The van der Waals surface area contributed by atoms with Crippen LogP contribution in [-0.4, -0.2) is 72.0 Å². The molecule has 0 spiro atoms. The first-order valence-corrected chi connectivity index (χ1v) is 11.0. The largest absolute Gasteiger partial charge is 0.448 e. The first-order valence-electron chi connectivity index (χ1n) is 11.0. The van der Waals surface area contributed by atoms with E-state index in [9.17, 15) is 9.59 Å². The molecule has 3 N–H and O–H groups in total. The van der Waals surface area contributed by atoms with Crippen LogP contribution in [0.15, 0.2) is 10.7 Å². The maximum atomic E-state index is 13.0. The minimum Gasteiger partial charge on any atom is -0.448 e. The van der Waals surface area contributed by atoms with Crippen molar-refractivity contribution in [3.8, 4) is 0 Å². The molecule has 2 rings (SSSR count). The third kappa shape index (κ3) is 8.26. The van der Waals surface area contributed by atoms with Crippen LogP contribution in [0.1, 0.15) is 65.5 Å². The van der Waals surface area contributed by atoms with Crippen molar-refractivity contribution in [1.29, 1.82) is 0 Å². The summed E-state index contributed by atoms with van der Waals surface area (Å²) in [6, 6.07) is -0.675. The quantitative estimate of drug-likeness (QED) is 0.466. The normalized spacial score (nSPS) is 21.9. The Bertz CT molecular complexity index is 789. The van der Waals surface area contributed by atoms with Gasteiger partial charge in [0.2, 0.25) is 0 Å². The molecule has 0 bridgehead atoms. The Morgan fingerprint density at radius 3 is 2.58 bits per heavy atom. The van der Waals surface area contributed by atoms with Gasteiger partial charge in [0.15, 0.2) is 17.8 Å². The zero-order chi connectivity index (χ0) is 24.8. The Morgan fingerprint density at radius 1 is 1.30 bits per heavy atom. The zero-order valence-corrected chi connectivity index (χ0v) is 20.5. The Balaban J connectivity index is 2.00. The van der Waals surface area contributed by atoms with Crippen LogP contribution in [-0.2, 0) is 30.3 Å². The summed E-state index contributed by atoms with van der Waals surface area (Å²) in [7, 11) is 1.49. The molecule has 1 aliphatic rings. The standard InChI is InChI=1S/C22H37N3O8/c1-13(19-24-14(10-26)11-30-19)8-9-23-18(27)17-16(31-22(5,6)32-17)15(12-29-7)25-20(28)33-21(2,3)4/h11,13,15-17,26H,8-10,12H2,1-7H3,(H,23,27)(H,25,28)/t13-,15-,16-,17-/m1/s1. The molecule has 0 aromatic carbocycles. The number of nitrogens with one attached hydrogen (secondary N) is 2. The second-order valence-electron chi connectivity index (χ2n) is 9.54. The van der Waals surface area contributed by atoms with E-state index in [4.69, 9.17) is 28.5 Å². The number of methoxy groups -OCH3 is 1. The van der Waals surface area contributed by atoms with Crippen molar-refractivity contribution in [2.24, 2.45) is 0 Å². The first kappa shape index (κ1) is 27.0. The molecular formula is C22H37N3O8. The predicted octanol–water partition coefficient (Wildman–Crippen LogP) is 1.84. The van der Waals surface area contributed by atoms with Gasteiger partial charge in [0.25, 0.3) is 5.91 Å². The van der Waals surface area contributed by atoms with Crippen LogP contribution in [0.5, 0.6) is 0 Å². The van der Waals surface area contributed by atoms with Gasteiger partial charge in [-0.1, -0.05) is 6.92 Å². The number of hydrogen-bond donors (Lipinski definition) is 3. The van der Waals surface area contributed by atoms with Crippen LogP contribution in [0, 0.1) is 0 Å². The van der Waals surface area contributed by atoms with Gasteiger partial charge >= 0.3 is 6.09 Å². The molecule has 1 aliphatic heterocycles. The van der Waals surface area contributed by atoms with Gasteiger partial charge in [-0.05, 0) is 41.0 Å². The van der Waals surface area contributed by atoms with Crippen LogP contribution >= 0.6 is 0 Å². The van der Waals surface area contributed by atoms with Crippen molar-refractivity contribution in [3.05, 3.63) is 17.8 Å². The van der Waals surface area contributed by atoms with Crippen molar-refractivity contribution in [2.75, 3.05) is 20.3 Å². The van der Waals surface area contributed by atoms with Gasteiger partial charge < -0.3 is 39.1 Å². The lowest BCUT2D eigenvalue weighted by atomic mass is 10.0. The molecule has 11 nitrogen and oxygen atoms in total. The van der Waals surface area contributed by atoms with Crippen molar-refractivity contribution >= 4 is 12.0 Å². The molecule has 2 heterocycles. The van der Waals surface area contributed by atoms with Gasteiger partial charge in [-0.3, -0.25) is 4.79 Å². The highest BCUT2D eigenvalue weighted by Crippen LogP contribution is 2.30. The molecule has 1 fully saturated rings. The van der Waals surface area contributed by atoms with Crippen molar-refractivity contribution in [1.82, 2.24) is 15.6 Å². The molecular weight excluding hydrogens is 434 g/mol. The van der Waals surface area contributed by atoms with Crippen LogP contribution in [0.2, 0.25) is 0 Å². The molecule has 0 unspecified atom stereocenters. The van der Waals surface area contributed by atoms with E-state index in [0.717, 1.165) is 0 Å². The first-order chi connectivity index (χ1) is 15.3. The summed E-state index contributed by atoms with van der Waals surface area (Å²) in [5, 5.41) is 14.7. The molecule has 188 valence electrons. The Hall–Kier alpha value is -2.21. The third-order valence-electron chi connectivity index (χ3n) is 4.86. The number of rotatable bonds is 10. The monoisotopic (exact) mass is 471 g/mol. The predicted molar refractivity (Wildman–Crippen MR) is 117 cm³/mol. The number of hydrogen-bond acceptors (Lipinski definition) is 9. The summed E-state index contributed by atoms with van der Waals surface area (Å²) in [4.78, 5) is 29.5. The highest BCUT2D eigenvalue weighted by atomic mass is 16.8. The minimum atomic E-state index is -1.03. The average Bonchev–Trinajstić information content (AvgIpc) is 3.30. The fourth-order valence-corrected chi connectivity index (χ4v) is 3.40. The summed E-state index contributed by atoms with van der Waals surface area (Å²) in [6.45, 7) is 10.9. The minimum absolute atomic E-state index is 0.0614. The van der Waals surface area contributed by atoms with Gasteiger partial charge in [0.1, 0.15) is 23.7 Å². The molecule has 0 saturated carbocycles. The Labute approximate surface area is 194 Å². The van der Waals surface area contributed by atoms with Crippen molar-refractivity contribution in [2.45, 2.75) is 90.1 Å². The maximum absolute atomic E-state index is 13.0. The van der Waals surface area contributed by atoms with Crippen LogP contribution < -0.4 is 10.6 Å². The number of oxazole rings is 1. The van der Waals surface area contributed by atoms with Crippen LogP contribution in [0.4, 0.5) is 4.79 Å². The fourth-order valence-electron chi connectivity index (χ4n) is 3.40. The third-order valence-corrected chi connectivity index (χ3v) is 4.86. The van der Waals surface area contributed by atoms with E-state index in [1.54, 1.807) is 34.6 Å². The van der Waals surface area contributed by atoms with Gasteiger partial charge in [-0.25, -0.2) is 9.78 Å². The second kappa shape index (κ2) is 11.3. The molecule has 0 radical (unpaired) electrons. The number of aliphatic hydroxyl groups excluding tert-OH is 1. The lowest BCUT2D eigenvalue weighted by molar-refractivity contribution is -0.157. The van der Waals surface area contributed by atoms with E-state index in [1.807, 2.05) is 6.92 Å². The second-order valence-corrected chi connectivity index (χ2v) is 9.54. The van der Waals surface area contributed by atoms with Crippen molar-refractivity contribution < 1.29 is 38.1 Å². The number of carbonyl (C=O) groups excluding carboxylic acids is 2. The summed E-state index contributed by atoms with van der Waals surface area (Å²) in [5.74, 6) is -0.961. The number of alkyl carbamates (subject to hydrolysis) is 1. The number of ether oxygens (including phenoxy) is 4. The topological polar surface area (TPSA) is 141 Å². The van der Waals surface area contributed by atoms with E-state index >= 15 is 0 Å². The summed E-state index contributed by atoms with van der Waals surface area (Å²) in [6.07, 6.45) is -0.416. The molecule has 1 saturated heterocycles. The van der Waals surface area contributed by atoms with E-state index in [2.05, 4.69) is 15.6 Å². The molecule has 1 aromatic heterocycles. The summed E-state index contributed by atoms with van der Waals surface area (Å²) in [5.41, 5.74) is -0.216. The van der Waals surface area contributed by atoms with Crippen molar-refractivity contribution in [3.63, 3.8) is 0 Å². The Kier molecular flexibility index (Phi) is 9.24. The fraction of sp³-hybridized carbons (Fsp3) is 0.773. The van der Waals surface area contributed by atoms with Gasteiger partial charge in [0, 0.05) is 19.6 Å². The van der Waals surface area contributed by atoms with Crippen LogP contribution in [0.3, 0.4) is 0 Å². The van der Waals surface area contributed by atoms with E-state index < -0.39 is 35.7 Å². The lowest BCUT2D eigenvalue weighted by Crippen LogP contribution is -2.54. The van der Waals surface area contributed by atoms with E-state index in [1.165, 1.54) is 13.4 Å². The van der Waals surface area contributed by atoms with E-state index in [-0.39, 0.29) is 25.0 Å². The van der Waals surface area contributed by atoms with Crippen LogP contribution in [0.25, 0.3) is 0 Å². The summed E-state index contributed by atoms with van der Waals surface area (Å²) >= 11 is 0. The highest BCUT2D eigenvalue weighted by Gasteiger charge is 2.49. The van der Waals surface area contributed by atoms with Gasteiger partial charge in [-0.2, -0.15) is 0 Å². The summed E-state index contributed by atoms with van der Waals surface area (Å²) < 4.78 is 27.7. The maximum Gasteiger partial charge on any atom is 0.408 e. The molecule has 0 aliphatic carbocycles. The highest BCUT2D eigenvalue weighted by molar-refractivity contribution is 5.82. The molecule has 1 aromatic rings. The molecule has 4 atom stereocenters. The molecule has 11 heteroatoms. The lowest BCUT2D eigenvalue weighted by Gasteiger charge is -2.28. The smallest absolute Gasteiger partial charge is 0.408 e. The number of carbonyl (C=O) groups is 2.